The van der Waals surface area contributed by atoms with Crippen molar-refractivity contribution in [1.82, 2.24) is 0 Å². The number of ether oxygens (including phenoxy) is 6. The first-order valence-electron chi connectivity index (χ1n) is 11.4. The van der Waals surface area contributed by atoms with Crippen molar-refractivity contribution in [3.63, 3.8) is 0 Å². The van der Waals surface area contributed by atoms with Gasteiger partial charge in [-0.2, -0.15) is 0 Å². The van der Waals surface area contributed by atoms with E-state index in [1.807, 2.05) is 19.1 Å². The zero-order valence-electron chi connectivity index (χ0n) is 20.8. The molecule has 0 radical (unpaired) electrons. The Morgan fingerprint density at radius 3 is 1.83 bits per heavy atom. The number of methoxy groups -OCH3 is 4. The molecule has 2 aromatic carbocycles. The summed E-state index contributed by atoms with van der Waals surface area (Å²) in [6, 6.07) is 7.22. The second kappa shape index (κ2) is 12.2. The van der Waals surface area contributed by atoms with Crippen LogP contribution in [0.25, 0.3) is 0 Å². The van der Waals surface area contributed by atoms with E-state index in [-0.39, 0.29) is 28.6 Å². The summed E-state index contributed by atoms with van der Waals surface area (Å²) >= 11 is 3.32. The summed E-state index contributed by atoms with van der Waals surface area (Å²) in [7, 11) is 2.64. The molecule has 0 amide bonds. The number of halogens is 1. The average molecular weight is 574 g/mol. The maximum absolute atomic E-state index is 13.1. The smallest absolute Gasteiger partial charge is 0.203 e. The van der Waals surface area contributed by atoms with Crippen LogP contribution in [0.5, 0.6) is 28.7 Å². The summed E-state index contributed by atoms with van der Waals surface area (Å²) in [6.07, 6.45) is 1.41. The quantitative estimate of drug-likeness (QED) is 0.318. The molecule has 0 saturated carbocycles. The maximum atomic E-state index is 13.1. The van der Waals surface area contributed by atoms with Gasteiger partial charge < -0.3 is 28.4 Å². The van der Waals surface area contributed by atoms with E-state index in [2.05, 4.69) is 15.9 Å². The molecule has 0 unspecified atom stereocenters. The SMILES string of the molecule is CCCS(=O)(=O)c1cc([C@H]2CC[C@H](c3cc(OC)c(OC)c(OC)c3)O2)cc(OC)c1OCCBr. The van der Waals surface area contributed by atoms with Gasteiger partial charge in [0.05, 0.1) is 53.0 Å². The molecule has 8 nitrogen and oxygen atoms in total. The highest BCUT2D eigenvalue weighted by Gasteiger charge is 2.32. The minimum absolute atomic E-state index is 0.0177. The van der Waals surface area contributed by atoms with Crippen molar-refractivity contribution in [1.29, 1.82) is 0 Å². The monoisotopic (exact) mass is 572 g/mol. The molecule has 0 N–H and O–H groups in total. The Bertz CT molecular complexity index is 1090. The van der Waals surface area contributed by atoms with Gasteiger partial charge >= 0.3 is 0 Å². The van der Waals surface area contributed by atoms with Crippen LogP contribution in [0, 0.1) is 0 Å². The lowest BCUT2D eigenvalue weighted by Crippen LogP contribution is -2.12. The van der Waals surface area contributed by atoms with Gasteiger partial charge in [0.15, 0.2) is 32.8 Å². The Hall–Kier alpha value is -2.17. The summed E-state index contributed by atoms with van der Waals surface area (Å²) in [5.74, 6) is 2.25. The molecule has 1 saturated heterocycles. The predicted octanol–water partition coefficient (Wildman–Crippen LogP) is 5.27. The van der Waals surface area contributed by atoms with Gasteiger partial charge in [0.1, 0.15) is 4.90 Å². The molecule has 3 rings (SSSR count). The zero-order valence-corrected chi connectivity index (χ0v) is 23.2. The van der Waals surface area contributed by atoms with Crippen molar-refractivity contribution in [3.8, 4) is 28.7 Å². The molecule has 0 aromatic heterocycles. The number of hydrogen-bond donors (Lipinski definition) is 0. The van der Waals surface area contributed by atoms with Crippen LogP contribution < -0.4 is 23.7 Å². The van der Waals surface area contributed by atoms with E-state index < -0.39 is 9.84 Å². The van der Waals surface area contributed by atoms with Gasteiger partial charge in [-0.25, -0.2) is 8.42 Å². The first-order valence-corrected chi connectivity index (χ1v) is 14.2. The third-order valence-electron chi connectivity index (χ3n) is 5.84. The van der Waals surface area contributed by atoms with Crippen LogP contribution in [0.2, 0.25) is 0 Å². The summed E-state index contributed by atoms with van der Waals surface area (Å²) in [5, 5.41) is 0.563. The third kappa shape index (κ3) is 5.98. The molecule has 35 heavy (non-hydrogen) atoms. The number of sulfone groups is 1. The normalized spacial score (nSPS) is 17.8. The van der Waals surface area contributed by atoms with E-state index in [1.54, 1.807) is 33.5 Å². The molecule has 1 fully saturated rings. The largest absolute Gasteiger partial charge is 0.493 e. The van der Waals surface area contributed by atoms with E-state index in [0.29, 0.717) is 47.8 Å². The summed E-state index contributed by atoms with van der Waals surface area (Å²) in [5.41, 5.74) is 1.63. The van der Waals surface area contributed by atoms with Gasteiger partial charge in [-0.15, -0.1) is 0 Å². The van der Waals surface area contributed by atoms with E-state index in [1.165, 1.54) is 7.11 Å². The van der Waals surface area contributed by atoms with Crippen LogP contribution >= 0.6 is 15.9 Å². The fourth-order valence-electron chi connectivity index (χ4n) is 4.24. The van der Waals surface area contributed by atoms with Crippen LogP contribution in [0.1, 0.15) is 49.5 Å². The highest BCUT2D eigenvalue weighted by Crippen LogP contribution is 2.48. The van der Waals surface area contributed by atoms with Crippen molar-refractivity contribution in [2.24, 2.45) is 0 Å². The third-order valence-corrected chi connectivity index (χ3v) is 8.09. The fourth-order valence-corrected chi connectivity index (χ4v) is 5.92. The molecule has 1 aliphatic rings. The van der Waals surface area contributed by atoms with Gasteiger partial charge in [-0.1, -0.05) is 22.9 Å². The van der Waals surface area contributed by atoms with Crippen molar-refractivity contribution >= 4 is 25.8 Å². The molecule has 1 aliphatic heterocycles. The molecule has 10 heteroatoms. The van der Waals surface area contributed by atoms with Gasteiger partial charge in [0.2, 0.25) is 5.75 Å². The van der Waals surface area contributed by atoms with Gasteiger partial charge in [0.25, 0.3) is 0 Å². The lowest BCUT2D eigenvalue weighted by Gasteiger charge is -2.20. The minimum atomic E-state index is -3.57. The van der Waals surface area contributed by atoms with Gasteiger partial charge in [0, 0.05) is 5.33 Å². The first-order chi connectivity index (χ1) is 16.8. The molecule has 0 spiro atoms. The molecular formula is C25H33BrO8S. The second-order valence-corrected chi connectivity index (χ2v) is 10.9. The number of hydrogen-bond acceptors (Lipinski definition) is 8. The number of benzene rings is 2. The van der Waals surface area contributed by atoms with E-state index >= 15 is 0 Å². The van der Waals surface area contributed by atoms with Crippen molar-refractivity contribution in [2.45, 2.75) is 43.3 Å². The van der Waals surface area contributed by atoms with E-state index in [0.717, 1.165) is 17.5 Å². The Balaban J connectivity index is 1.98. The molecular weight excluding hydrogens is 540 g/mol. The maximum Gasteiger partial charge on any atom is 0.203 e. The highest BCUT2D eigenvalue weighted by atomic mass is 79.9. The summed E-state index contributed by atoms with van der Waals surface area (Å²) in [6.45, 7) is 2.15. The van der Waals surface area contributed by atoms with Crippen LogP contribution in [-0.4, -0.2) is 54.5 Å². The number of rotatable bonds is 12. The van der Waals surface area contributed by atoms with Crippen LogP contribution in [0.3, 0.4) is 0 Å². The average Bonchev–Trinajstić information content (AvgIpc) is 3.36. The Morgan fingerprint density at radius 1 is 0.857 bits per heavy atom. The lowest BCUT2D eigenvalue weighted by atomic mass is 10.0. The second-order valence-electron chi connectivity index (χ2n) is 8.06. The predicted molar refractivity (Wildman–Crippen MR) is 137 cm³/mol. The van der Waals surface area contributed by atoms with Gasteiger partial charge in [-0.05, 0) is 54.7 Å². The van der Waals surface area contributed by atoms with Crippen molar-refractivity contribution in [2.75, 3.05) is 46.1 Å². The van der Waals surface area contributed by atoms with E-state index in [9.17, 15) is 8.42 Å². The van der Waals surface area contributed by atoms with Crippen LogP contribution in [0.15, 0.2) is 29.2 Å². The van der Waals surface area contributed by atoms with E-state index in [4.69, 9.17) is 28.4 Å². The van der Waals surface area contributed by atoms with Crippen molar-refractivity contribution in [3.05, 3.63) is 35.4 Å². The Morgan fingerprint density at radius 2 is 1.37 bits per heavy atom. The summed E-state index contributed by atoms with van der Waals surface area (Å²) < 4.78 is 60.3. The van der Waals surface area contributed by atoms with Crippen LogP contribution in [-0.2, 0) is 14.6 Å². The van der Waals surface area contributed by atoms with Gasteiger partial charge in [-0.3, -0.25) is 0 Å². The number of alkyl halides is 1. The first kappa shape index (κ1) is 27.4. The lowest BCUT2D eigenvalue weighted by molar-refractivity contribution is 0.0435. The minimum Gasteiger partial charge on any atom is -0.493 e. The van der Waals surface area contributed by atoms with Crippen molar-refractivity contribution < 1.29 is 36.8 Å². The summed E-state index contributed by atoms with van der Waals surface area (Å²) in [4.78, 5) is 0.134. The highest BCUT2D eigenvalue weighted by molar-refractivity contribution is 9.09. The topological polar surface area (TPSA) is 89.5 Å². The molecule has 2 atom stereocenters. The Labute approximate surface area is 215 Å². The zero-order chi connectivity index (χ0) is 25.6. The Kier molecular flexibility index (Phi) is 9.54. The standard InChI is InChI=1S/C25H33BrO8S/c1-6-11-35(27,28)23-15-17(14-22(31-4)25(23)33-10-9-26)19-8-7-18(34-19)16-12-20(29-2)24(32-5)21(13-16)30-3/h12-15,18-19H,6-11H2,1-5H3/t18-,19-/m1/s1. The molecule has 0 aliphatic carbocycles. The molecule has 0 bridgehead atoms. The molecule has 194 valence electrons. The fraction of sp³-hybridized carbons (Fsp3) is 0.520. The molecule has 2 aromatic rings. The van der Waals surface area contributed by atoms with Crippen LogP contribution in [0.4, 0.5) is 0 Å². The molecule has 1 heterocycles.